The molecule has 0 N–H and O–H groups in total. The number of carbonyl (C=O) groups is 2. The minimum Gasteiger partial charge on any atom is -0.483 e. The smallest absolute Gasteiger partial charge is 0.259 e. The monoisotopic (exact) mass is 413 g/mol. The van der Waals surface area contributed by atoms with E-state index in [4.69, 9.17) is 4.74 Å². The molecule has 3 rings (SSSR count). The minimum atomic E-state index is -0.119. The van der Waals surface area contributed by atoms with Crippen molar-refractivity contribution < 1.29 is 14.3 Å². The molecule has 0 spiro atoms. The summed E-state index contributed by atoms with van der Waals surface area (Å²) in [7, 11) is 3.41. The zero-order chi connectivity index (χ0) is 21.1. The number of likely N-dealkylation sites (N-methyl/N-ethyl adjacent to an activating group) is 1. The van der Waals surface area contributed by atoms with Gasteiger partial charge in [-0.3, -0.25) is 14.6 Å². The Kier molecular flexibility index (Phi) is 6.47. The normalized spacial score (nSPS) is 15.6. The number of fused-ring (bicyclic) bond motifs is 1. The van der Waals surface area contributed by atoms with E-state index in [0.29, 0.717) is 5.75 Å². The second kappa shape index (κ2) is 8.86. The van der Waals surface area contributed by atoms with Crippen molar-refractivity contribution in [1.29, 1.82) is 0 Å². The van der Waals surface area contributed by atoms with Gasteiger partial charge in [0.1, 0.15) is 5.75 Å². The molecule has 2 amide bonds. The van der Waals surface area contributed by atoms with E-state index in [-0.39, 0.29) is 24.5 Å². The highest BCUT2D eigenvalue weighted by Gasteiger charge is 2.30. The van der Waals surface area contributed by atoms with E-state index >= 15 is 0 Å². The van der Waals surface area contributed by atoms with Gasteiger partial charge in [0.2, 0.25) is 5.91 Å². The van der Waals surface area contributed by atoms with Crippen LogP contribution in [0, 0.1) is 0 Å². The number of rotatable bonds is 5. The Bertz CT molecular complexity index is 912. The highest BCUT2D eigenvalue weighted by atomic mass is 32.2. The van der Waals surface area contributed by atoms with Gasteiger partial charge in [0, 0.05) is 49.3 Å². The molecule has 7 heteroatoms. The van der Waals surface area contributed by atoms with Crippen molar-refractivity contribution in [2.75, 3.05) is 31.9 Å². The van der Waals surface area contributed by atoms with E-state index in [9.17, 15) is 9.59 Å². The Labute approximate surface area is 176 Å². The molecule has 2 heterocycles. The summed E-state index contributed by atoms with van der Waals surface area (Å²) in [6.45, 7) is 3.57. The topological polar surface area (TPSA) is 62.7 Å². The molecule has 0 saturated heterocycles. The third-order valence-electron chi connectivity index (χ3n) is 5.17. The van der Waals surface area contributed by atoms with Crippen molar-refractivity contribution in [1.82, 2.24) is 9.88 Å². The van der Waals surface area contributed by atoms with Crippen LogP contribution in [0.3, 0.4) is 0 Å². The summed E-state index contributed by atoms with van der Waals surface area (Å²) in [5.74, 6) is 0.524. The average molecular weight is 414 g/mol. The maximum atomic E-state index is 12.3. The summed E-state index contributed by atoms with van der Waals surface area (Å²) in [5, 5.41) is 0. The number of carbonyl (C=O) groups excluding carboxylic acids is 2. The van der Waals surface area contributed by atoms with Crippen LogP contribution in [0.5, 0.6) is 5.75 Å². The van der Waals surface area contributed by atoms with Gasteiger partial charge in [-0.25, -0.2) is 0 Å². The number of pyridine rings is 1. The van der Waals surface area contributed by atoms with Crippen LogP contribution >= 0.6 is 11.8 Å². The Hall–Kier alpha value is -2.54. The first kappa shape index (κ1) is 21.2. The van der Waals surface area contributed by atoms with E-state index in [0.717, 1.165) is 40.2 Å². The first-order valence-corrected chi connectivity index (χ1v) is 10.8. The van der Waals surface area contributed by atoms with Crippen molar-refractivity contribution >= 4 is 29.3 Å². The quantitative estimate of drug-likeness (QED) is 0.701. The lowest BCUT2D eigenvalue weighted by Gasteiger charge is -2.36. The Morgan fingerprint density at radius 3 is 2.62 bits per heavy atom. The van der Waals surface area contributed by atoms with Gasteiger partial charge < -0.3 is 14.5 Å². The lowest BCUT2D eigenvalue weighted by molar-refractivity contribution is -0.130. The third kappa shape index (κ3) is 4.40. The number of hydrogen-bond acceptors (Lipinski definition) is 5. The van der Waals surface area contributed by atoms with Gasteiger partial charge in [0.15, 0.2) is 6.61 Å². The Balaban J connectivity index is 2.10. The molecule has 0 radical (unpaired) electrons. The Morgan fingerprint density at radius 2 is 2.03 bits per heavy atom. The van der Waals surface area contributed by atoms with Crippen molar-refractivity contribution in [3.05, 3.63) is 36.0 Å². The summed E-state index contributed by atoms with van der Waals surface area (Å²) in [5.41, 5.74) is 3.43. The fourth-order valence-corrected chi connectivity index (χ4v) is 3.94. The maximum absolute atomic E-state index is 12.3. The number of aromatic nitrogens is 1. The number of benzene rings is 1. The first-order chi connectivity index (χ1) is 13.8. The summed E-state index contributed by atoms with van der Waals surface area (Å²) in [4.78, 5) is 33.4. The van der Waals surface area contributed by atoms with Gasteiger partial charge in [-0.15, -0.1) is 11.8 Å². The van der Waals surface area contributed by atoms with Crippen LogP contribution in [0.1, 0.15) is 25.8 Å². The Morgan fingerprint density at radius 1 is 1.28 bits per heavy atom. The molecule has 29 heavy (non-hydrogen) atoms. The number of ether oxygens (including phenoxy) is 1. The van der Waals surface area contributed by atoms with Crippen LogP contribution in [-0.4, -0.2) is 54.7 Å². The summed E-state index contributed by atoms with van der Waals surface area (Å²) in [6.07, 6.45) is 5.46. The lowest BCUT2D eigenvalue weighted by Crippen LogP contribution is -2.41. The van der Waals surface area contributed by atoms with Gasteiger partial charge in [0.25, 0.3) is 5.91 Å². The predicted octanol–water partition coefficient (Wildman–Crippen LogP) is 3.63. The van der Waals surface area contributed by atoms with Crippen LogP contribution in [-0.2, 0) is 16.0 Å². The van der Waals surface area contributed by atoms with Crippen LogP contribution in [0.25, 0.3) is 11.3 Å². The third-order valence-corrected chi connectivity index (χ3v) is 5.89. The molecule has 0 bridgehead atoms. The van der Waals surface area contributed by atoms with Crippen LogP contribution < -0.4 is 9.64 Å². The highest BCUT2D eigenvalue weighted by Crippen LogP contribution is 2.42. The second-order valence-corrected chi connectivity index (χ2v) is 8.26. The van der Waals surface area contributed by atoms with Gasteiger partial charge in [-0.05, 0) is 50.3 Å². The molecule has 1 unspecified atom stereocenters. The summed E-state index contributed by atoms with van der Waals surface area (Å²) >= 11 is 1.63. The SMILES string of the molecule is CSc1ccc(-c2ccc3c(c2OCC(=O)N(C)C)CCC(C)N3C(C)=O)nc1. The molecule has 6 nitrogen and oxygen atoms in total. The van der Waals surface area contributed by atoms with Crippen molar-refractivity contribution in [3.8, 4) is 17.0 Å². The molecule has 0 aliphatic carbocycles. The molecule has 0 saturated carbocycles. The van der Waals surface area contributed by atoms with Crippen LogP contribution in [0.2, 0.25) is 0 Å². The molecule has 1 aliphatic heterocycles. The lowest BCUT2D eigenvalue weighted by atomic mass is 9.92. The predicted molar refractivity (Wildman–Crippen MR) is 117 cm³/mol. The number of anilines is 1. The number of amides is 2. The molecule has 1 atom stereocenters. The second-order valence-electron chi connectivity index (χ2n) is 7.38. The van der Waals surface area contributed by atoms with Gasteiger partial charge in [-0.1, -0.05) is 0 Å². The van der Waals surface area contributed by atoms with E-state index in [1.165, 1.54) is 4.90 Å². The largest absolute Gasteiger partial charge is 0.483 e. The zero-order valence-electron chi connectivity index (χ0n) is 17.6. The fourth-order valence-electron chi connectivity index (χ4n) is 3.57. The van der Waals surface area contributed by atoms with Crippen molar-refractivity contribution in [3.63, 3.8) is 0 Å². The van der Waals surface area contributed by atoms with E-state index < -0.39 is 0 Å². The standard InChI is InChI=1S/C22H27N3O3S/c1-14-6-8-18-20(25(14)15(2)26)11-9-17(19-10-7-16(29-5)12-23-19)22(18)28-13-21(27)24(3)4/h7,9-12,14H,6,8,13H2,1-5H3. The van der Waals surface area contributed by atoms with Gasteiger partial charge in [-0.2, -0.15) is 0 Å². The molecule has 1 aromatic carbocycles. The summed E-state index contributed by atoms with van der Waals surface area (Å²) in [6, 6.07) is 8.00. The first-order valence-electron chi connectivity index (χ1n) is 9.62. The van der Waals surface area contributed by atoms with Crippen LogP contribution in [0.4, 0.5) is 5.69 Å². The number of thioether (sulfide) groups is 1. The van der Waals surface area contributed by atoms with E-state index in [1.807, 2.05) is 41.6 Å². The molecule has 1 aliphatic rings. The van der Waals surface area contributed by atoms with Crippen molar-refractivity contribution in [2.24, 2.45) is 0 Å². The molecule has 2 aromatic rings. The van der Waals surface area contributed by atoms with Crippen LogP contribution in [0.15, 0.2) is 35.4 Å². The molecule has 154 valence electrons. The van der Waals surface area contributed by atoms with Gasteiger partial charge in [0.05, 0.1) is 11.4 Å². The molecule has 1 aromatic heterocycles. The van der Waals surface area contributed by atoms with Crippen molar-refractivity contribution in [2.45, 2.75) is 37.6 Å². The average Bonchev–Trinajstić information content (AvgIpc) is 2.71. The highest BCUT2D eigenvalue weighted by molar-refractivity contribution is 7.98. The summed E-state index contributed by atoms with van der Waals surface area (Å²) < 4.78 is 6.06. The van der Waals surface area contributed by atoms with E-state index in [1.54, 1.807) is 32.8 Å². The molecule has 0 fully saturated rings. The fraction of sp³-hybridized carbons (Fsp3) is 0.409. The molecular formula is C22H27N3O3S. The number of hydrogen-bond donors (Lipinski definition) is 0. The zero-order valence-corrected chi connectivity index (χ0v) is 18.4. The number of nitrogens with zero attached hydrogens (tertiary/aromatic N) is 3. The minimum absolute atomic E-state index is 0.00367. The molecular weight excluding hydrogens is 386 g/mol. The maximum Gasteiger partial charge on any atom is 0.259 e. The van der Waals surface area contributed by atoms with Gasteiger partial charge >= 0.3 is 0 Å². The van der Waals surface area contributed by atoms with E-state index in [2.05, 4.69) is 11.9 Å².